The maximum absolute atomic E-state index is 10.2. The number of hydrogen-bond donors (Lipinski definition) is 2. The topological polar surface area (TPSA) is 58.9 Å². The maximum Gasteiger partial charge on any atom is 0.347 e. The second kappa shape index (κ2) is 9.61. The van der Waals surface area contributed by atoms with Gasteiger partial charge in [-0.1, -0.05) is 50.2 Å². The lowest BCUT2D eigenvalue weighted by Gasteiger charge is -2.31. The fraction of sp³-hybridized carbons (Fsp3) is 0.400. The largest absolute Gasteiger partial charge is 0.508 e. The van der Waals surface area contributed by atoms with E-state index in [9.17, 15) is 10.2 Å². The van der Waals surface area contributed by atoms with Crippen molar-refractivity contribution in [3.63, 3.8) is 0 Å². The first-order valence-corrected chi connectivity index (χ1v) is 11.1. The van der Waals surface area contributed by atoms with Crippen LogP contribution in [0.15, 0.2) is 48.5 Å². The zero-order valence-electron chi connectivity index (χ0n) is 15.1. The van der Waals surface area contributed by atoms with Gasteiger partial charge < -0.3 is 19.1 Å². The Bertz CT molecular complexity index is 602. The molecule has 0 unspecified atom stereocenters. The first-order valence-electron chi connectivity index (χ1n) is 8.92. The molecule has 0 aliphatic carbocycles. The number of rotatable bonds is 10. The Hall–Kier alpha value is -1.82. The van der Waals surface area contributed by atoms with Gasteiger partial charge in [0.05, 0.1) is 0 Å². The van der Waals surface area contributed by atoms with E-state index in [0.29, 0.717) is 25.3 Å². The molecule has 2 rings (SSSR count). The van der Waals surface area contributed by atoms with Crippen LogP contribution in [0.5, 0.6) is 11.5 Å². The molecule has 2 N–H and O–H groups in total. The molecule has 2 aromatic carbocycles. The summed E-state index contributed by atoms with van der Waals surface area (Å²) in [5.41, 5.74) is 1.66. The number of aromatic hydroxyl groups is 2. The Morgan fingerprint density at radius 1 is 0.720 bits per heavy atom. The van der Waals surface area contributed by atoms with Crippen LogP contribution in [-0.4, -0.2) is 32.0 Å². The summed E-state index contributed by atoms with van der Waals surface area (Å²) in [7, 11) is -2.70. The molecule has 136 valence electrons. The summed E-state index contributed by atoms with van der Waals surface area (Å²) >= 11 is 0. The molecule has 0 heterocycles. The minimum absolute atomic E-state index is 0.261. The summed E-state index contributed by atoms with van der Waals surface area (Å²) in [6.07, 6.45) is 1.79. The van der Waals surface area contributed by atoms with E-state index in [1.807, 2.05) is 36.4 Å². The number of hydrogen-bond acceptors (Lipinski definition) is 4. The SMILES string of the molecule is CCCO[Si](Cc1ccccc1O)(Cc1ccccc1O)OCCC. The van der Waals surface area contributed by atoms with Crippen molar-refractivity contribution in [2.75, 3.05) is 13.2 Å². The van der Waals surface area contributed by atoms with E-state index in [-0.39, 0.29) is 11.5 Å². The van der Waals surface area contributed by atoms with E-state index < -0.39 is 8.56 Å². The lowest BCUT2D eigenvalue weighted by molar-refractivity contribution is 0.165. The Morgan fingerprint density at radius 3 is 1.48 bits per heavy atom. The van der Waals surface area contributed by atoms with Crippen LogP contribution in [0.4, 0.5) is 0 Å². The van der Waals surface area contributed by atoms with Crippen LogP contribution >= 0.6 is 0 Å². The number of phenolic OH excluding ortho intramolecular Hbond substituents is 2. The Kier molecular flexibility index (Phi) is 7.49. The van der Waals surface area contributed by atoms with E-state index in [1.165, 1.54) is 0 Å². The molecule has 0 amide bonds. The average Bonchev–Trinajstić information content (AvgIpc) is 2.62. The second-order valence-corrected chi connectivity index (χ2v) is 9.32. The van der Waals surface area contributed by atoms with Gasteiger partial charge in [0.15, 0.2) is 0 Å². The molecule has 0 aliphatic heterocycles. The fourth-order valence-electron chi connectivity index (χ4n) is 2.79. The van der Waals surface area contributed by atoms with Crippen molar-refractivity contribution in [3.8, 4) is 11.5 Å². The molecule has 0 fully saturated rings. The third-order valence-corrected chi connectivity index (χ3v) is 7.34. The Balaban J connectivity index is 2.35. The van der Waals surface area contributed by atoms with Crippen LogP contribution in [0.1, 0.15) is 37.8 Å². The van der Waals surface area contributed by atoms with Gasteiger partial charge in [-0.15, -0.1) is 0 Å². The number of benzene rings is 2. The highest BCUT2D eigenvalue weighted by atomic mass is 28.4. The highest BCUT2D eigenvalue weighted by Crippen LogP contribution is 2.28. The summed E-state index contributed by atoms with van der Waals surface area (Å²) in [6.45, 7) is 5.35. The number of phenols is 2. The molecule has 2 aromatic rings. The van der Waals surface area contributed by atoms with Crippen molar-refractivity contribution in [2.45, 2.75) is 38.8 Å². The molecule has 0 radical (unpaired) electrons. The number of para-hydroxylation sites is 2. The minimum Gasteiger partial charge on any atom is -0.508 e. The molecule has 0 atom stereocenters. The third-order valence-electron chi connectivity index (χ3n) is 4.04. The summed E-state index contributed by atoms with van der Waals surface area (Å²) in [5.74, 6) is 0.522. The maximum atomic E-state index is 10.2. The highest BCUT2D eigenvalue weighted by Gasteiger charge is 2.39. The zero-order valence-corrected chi connectivity index (χ0v) is 16.1. The molecule has 0 saturated heterocycles. The molecular formula is C20H28O4Si. The molecule has 0 saturated carbocycles. The average molecular weight is 361 g/mol. The van der Waals surface area contributed by atoms with E-state index in [4.69, 9.17) is 8.85 Å². The van der Waals surface area contributed by atoms with Crippen molar-refractivity contribution in [1.82, 2.24) is 0 Å². The van der Waals surface area contributed by atoms with E-state index in [1.54, 1.807) is 12.1 Å². The van der Waals surface area contributed by atoms with Gasteiger partial charge in [-0.05, 0) is 36.1 Å². The van der Waals surface area contributed by atoms with Gasteiger partial charge in [0.1, 0.15) is 11.5 Å². The van der Waals surface area contributed by atoms with Crippen molar-refractivity contribution < 1.29 is 19.1 Å². The molecule has 0 spiro atoms. The van der Waals surface area contributed by atoms with E-state index in [2.05, 4.69) is 13.8 Å². The Morgan fingerprint density at radius 2 is 1.12 bits per heavy atom. The molecular weight excluding hydrogens is 332 g/mol. The quantitative estimate of drug-likeness (QED) is 0.622. The standard InChI is InChI=1S/C20H28O4Si/c1-3-13-23-25(24-14-4-2,15-17-9-5-7-11-19(17)21)16-18-10-6-8-12-20(18)22/h5-12,21-22H,3-4,13-16H2,1-2H3. The van der Waals surface area contributed by atoms with E-state index >= 15 is 0 Å². The molecule has 0 bridgehead atoms. The van der Waals surface area contributed by atoms with Crippen LogP contribution in [0.3, 0.4) is 0 Å². The van der Waals surface area contributed by atoms with Crippen LogP contribution in [0.25, 0.3) is 0 Å². The first-order chi connectivity index (χ1) is 12.1. The summed E-state index contributed by atoms with van der Waals surface area (Å²) in [5, 5.41) is 20.4. The lowest BCUT2D eigenvalue weighted by atomic mass is 10.2. The Labute approximate surface area is 151 Å². The fourth-order valence-corrected chi connectivity index (χ4v) is 6.31. The third kappa shape index (κ3) is 5.59. The monoisotopic (exact) mass is 360 g/mol. The van der Waals surface area contributed by atoms with Crippen molar-refractivity contribution in [1.29, 1.82) is 0 Å². The first kappa shape index (κ1) is 19.5. The molecule has 5 heteroatoms. The van der Waals surface area contributed by atoms with Gasteiger partial charge in [0, 0.05) is 25.3 Å². The molecule has 0 aromatic heterocycles. The van der Waals surface area contributed by atoms with Crippen molar-refractivity contribution in [2.24, 2.45) is 0 Å². The second-order valence-electron chi connectivity index (χ2n) is 6.22. The van der Waals surface area contributed by atoms with Crippen LogP contribution in [-0.2, 0) is 20.9 Å². The summed E-state index contributed by atoms with van der Waals surface area (Å²) < 4.78 is 12.6. The lowest BCUT2D eigenvalue weighted by Crippen LogP contribution is -2.48. The molecule has 4 nitrogen and oxygen atoms in total. The van der Waals surface area contributed by atoms with Gasteiger partial charge in [0.25, 0.3) is 0 Å². The normalized spacial score (nSPS) is 11.6. The summed E-state index contributed by atoms with van der Waals surface area (Å²) in [4.78, 5) is 0. The van der Waals surface area contributed by atoms with E-state index in [0.717, 1.165) is 24.0 Å². The van der Waals surface area contributed by atoms with Crippen LogP contribution in [0.2, 0.25) is 0 Å². The minimum atomic E-state index is -2.70. The van der Waals surface area contributed by atoms with Gasteiger partial charge in [-0.25, -0.2) is 0 Å². The van der Waals surface area contributed by atoms with Gasteiger partial charge in [-0.3, -0.25) is 0 Å². The van der Waals surface area contributed by atoms with Crippen molar-refractivity contribution in [3.05, 3.63) is 59.7 Å². The molecule has 0 aliphatic rings. The predicted octanol–water partition coefficient (Wildman–Crippen LogP) is 4.26. The van der Waals surface area contributed by atoms with Gasteiger partial charge in [0.2, 0.25) is 0 Å². The van der Waals surface area contributed by atoms with Crippen molar-refractivity contribution >= 4 is 8.56 Å². The smallest absolute Gasteiger partial charge is 0.347 e. The zero-order chi connectivity index (χ0) is 18.1. The van der Waals surface area contributed by atoms with Gasteiger partial charge in [-0.2, -0.15) is 0 Å². The predicted molar refractivity (Wildman–Crippen MR) is 102 cm³/mol. The molecule has 25 heavy (non-hydrogen) atoms. The van der Waals surface area contributed by atoms with Crippen LogP contribution < -0.4 is 0 Å². The highest BCUT2D eigenvalue weighted by molar-refractivity contribution is 6.66. The summed E-state index contributed by atoms with van der Waals surface area (Å²) in [6, 6.07) is 15.7. The van der Waals surface area contributed by atoms with Crippen LogP contribution in [0, 0.1) is 0 Å². The van der Waals surface area contributed by atoms with Gasteiger partial charge >= 0.3 is 8.56 Å².